The largest absolute Gasteiger partial charge is 0.465 e. The molecule has 0 aliphatic carbocycles. The van der Waals surface area contributed by atoms with Gasteiger partial charge in [0.2, 0.25) is 10.0 Å². The summed E-state index contributed by atoms with van der Waals surface area (Å²) in [7, 11) is -5.90. The molecular formula is C24H41NO5SSi. The quantitative estimate of drug-likeness (QED) is 0.230. The number of esters is 1. The van der Waals surface area contributed by atoms with Crippen LogP contribution in [0.2, 0.25) is 18.1 Å². The smallest absolute Gasteiger partial charge is 0.324 e. The first-order valence-corrected chi connectivity index (χ1v) is 15.5. The highest BCUT2D eigenvalue weighted by atomic mass is 32.2. The average Bonchev–Trinajstić information content (AvgIpc) is 2.66. The van der Waals surface area contributed by atoms with Crippen molar-refractivity contribution in [1.82, 2.24) is 4.31 Å². The molecule has 0 saturated carbocycles. The molecule has 0 N–H and O–H groups in total. The molecule has 32 heavy (non-hydrogen) atoms. The fraction of sp³-hybridized carbons (Fsp3) is 0.625. The molecule has 1 rings (SSSR count). The van der Waals surface area contributed by atoms with Crippen molar-refractivity contribution in [2.24, 2.45) is 0 Å². The Morgan fingerprint density at radius 3 is 2.09 bits per heavy atom. The maximum Gasteiger partial charge on any atom is 0.324 e. The third-order valence-corrected chi connectivity index (χ3v) is 12.6. The highest BCUT2D eigenvalue weighted by Gasteiger charge is 2.40. The average molecular weight is 484 g/mol. The zero-order chi connectivity index (χ0) is 24.9. The fourth-order valence-electron chi connectivity index (χ4n) is 3.22. The molecule has 6 nitrogen and oxygen atoms in total. The normalized spacial score (nSPS) is 15.0. The van der Waals surface area contributed by atoms with Crippen molar-refractivity contribution in [1.29, 1.82) is 0 Å². The van der Waals surface area contributed by atoms with Crippen molar-refractivity contribution in [3.05, 3.63) is 42.5 Å². The fourth-order valence-corrected chi connectivity index (χ4v) is 6.38. The monoisotopic (exact) mass is 483 g/mol. The summed E-state index contributed by atoms with van der Waals surface area (Å²) in [5.74, 6) is -0.572. The van der Waals surface area contributed by atoms with E-state index >= 15 is 0 Å². The van der Waals surface area contributed by atoms with Crippen LogP contribution in [0.3, 0.4) is 0 Å². The SMILES string of the molecule is C=CC[C@@H](C(=O)OCC)N(C(C)C)S(=O)(=O)c1ccc([C@H](C)O[Si](C)(C)C(C)(C)C)cc1. The molecule has 0 aliphatic heterocycles. The van der Waals surface area contributed by atoms with E-state index in [0.717, 1.165) is 5.56 Å². The van der Waals surface area contributed by atoms with E-state index in [2.05, 4.69) is 40.4 Å². The van der Waals surface area contributed by atoms with Gasteiger partial charge in [0.05, 0.1) is 17.6 Å². The molecule has 0 spiro atoms. The molecule has 0 fully saturated rings. The predicted molar refractivity (Wildman–Crippen MR) is 133 cm³/mol. The van der Waals surface area contributed by atoms with Crippen LogP contribution in [0.15, 0.2) is 41.8 Å². The molecule has 2 atom stereocenters. The molecule has 0 aliphatic rings. The Morgan fingerprint density at radius 1 is 1.16 bits per heavy atom. The van der Waals surface area contributed by atoms with E-state index in [1.165, 1.54) is 10.4 Å². The molecule has 0 bridgehead atoms. The van der Waals surface area contributed by atoms with Gasteiger partial charge in [-0.25, -0.2) is 8.42 Å². The number of hydrogen-bond acceptors (Lipinski definition) is 5. The topological polar surface area (TPSA) is 72.9 Å². The van der Waals surface area contributed by atoms with E-state index in [1.807, 2.05) is 6.92 Å². The van der Waals surface area contributed by atoms with Crippen LogP contribution in [-0.4, -0.2) is 45.7 Å². The summed E-state index contributed by atoms with van der Waals surface area (Å²) in [6.07, 6.45) is 1.56. The van der Waals surface area contributed by atoms with Crippen LogP contribution in [0.1, 0.15) is 66.6 Å². The number of benzene rings is 1. The summed E-state index contributed by atoms with van der Waals surface area (Å²) in [6, 6.07) is 5.35. The van der Waals surface area contributed by atoms with Crippen molar-refractivity contribution < 1.29 is 22.4 Å². The summed E-state index contributed by atoms with van der Waals surface area (Å²) in [5.41, 5.74) is 0.915. The zero-order valence-corrected chi connectivity index (χ0v) is 23.0. The van der Waals surface area contributed by atoms with Crippen LogP contribution in [-0.2, 0) is 24.0 Å². The summed E-state index contributed by atoms with van der Waals surface area (Å²) in [4.78, 5) is 12.7. The first-order valence-electron chi connectivity index (χ1n) is 11.2. The van der Waals surface area contributed by atoms with Crippen LogP contribution >= 0.6 is 0 Å². The molecule has 0 unspecified atom stereocenters. The molecule has 182 valence electrons. The molecular weight excluding hydrogens is 442 g/mol. The lowest BCUT2D eigenvalue weighted by atomic mass is 10.1. The van der Waals surface area contributed by atoms with Crippen LogP contribution < -0.4 is 0 Å². The highest BCUT2D eigenvalue weighted by molar-refractivity contribution is 7.89. The second-order valence-corrected chi connectivity index (χ2v) is 16.4. The Morgan fingerprint density at radius 2 is 1.69 bits per heavy atom. The number of carbonyl (C=O) groups excluding carboxylic acids is 1. The Kier molecular flexibility index (Phi) is 9.90. The van der Waals surface area contributed by atoms with E-state index in [9.17, 15) is 13.2 Å². The minimum atomic E-state index is -3.93. The molecule has 8 heteroatoms. The van der Waals surface area contributed by atoms with Crippen LogP contribution in [0.5, 0.6) is 0 Å². The summed E-state index contributed by atoms with van der Waals surface area (Å²) in [5, 5.41) is 0.0789. The Hall–Kier alpha value is -1.48. The molecule has 0 heterocycles. The van der Waals surface area contributed by atoms with Gasteiger partial charge in [-0.3, -0.25) is 4.79 Å². The lowest BCUT2D eigenvalue weighted by molar-refractivity contribution is -0.148. The van der Waals surface area contributed by atoms with E-state index in [1.54, 1.807) is 45.0 Å². The second-order valence-electron chi connectivity index (χ2n) is 9.81. The number of carbonyl (C=O) groups is 1. The predicted octanol–water partition coefficient (Wildman–Crippen LogP) is 5.68. The number of rotatable bonds is 11. The first-order chi connectivity index (χ1) is 14.6. The third-order valence-electron chi connectivity index (χ3n) is 5.97. The lowest BCUT2D eigenvalue weighted by Crippen LogP contribution is -2.49. The molecule has 0 saturated heterocycles. The van der Waals surface area contributed by atoms with Gasteiger partial charge in [-0.2, -0.15) is 4.31 Å². The number of nitrogens with zero attached hydrogens (tertiary/aromatic N) is 1. The summed E-state index contributed by atoms with van der Waals surface area (Å²) < 4.78 is 39.8. The number of hydrogen-bond donors (Lipinski definition) is 0. The first kappa shape index (κ1) is 28.5. The van der Waals surface area contributed by atoms with Crippen molar-refractivity contribution in [3.8, 4) is 0 Å². The van der Waals surface area contributed by atoms with Gasteiger partial charge < -0.3 is 9.16 Å². The molecule has 0 aromatic heterocycles. The Labute approximate surface area is 196 Å². The van der Waals surface area contributed by atoms with Crippen molar-refractivity contribution >= 4 is 24.3 Å². The van der Waals surface area contributed by atoms with Crippen molar-refractivity contribution in [2.75, 3.05) is 6.61 Å². The van der Waals surface area contributed by atoms with Crippen molar-refractivity contribution in [3.63, 3.8) is 0 Å². The van der Waals surface area contributed by atoms with Gasteiger partial charge in [-0.15, -0.1) is 6.58 Å². The zero-order valence-electron chi connectivity index (χ0n) is 21.1. The van der Waals surface area contributed by atoms with E-state index in [-0.39, 0.29) is 29.1 Å². The Balaban J connectivity index is 3.27. The van der Waals surface area contributed by atoms with Gasteiger partial charge in [0.15, 0.2) is 8.32 Å². The van der Waals surface area contributed by atoms with Crippen LogP contribution in [0.25, 0.3) is 0 Å². The van der Waals surface area contributed by atoms with Crippen LogP contribution in [0.4, 0.5) is 0 Å². The minimum absolute atomic E-state index is 0.0789. The second kappa shape index (κ2) is 11.1. The Bertz CT molecular complexity index is 873. The summed E-state index contributed by atoms with van der Waals surface area (Å²) >= 11 is 0. The standard InChI is InChI=1S/C24H41NO5SSi/c1-11-13-22(23(26)29-12-2)25(18(3)4)31(27,28)21-16-14-20(15-17-21)19(5)30-32(9,10)24(6,7)8/h11,14-19,22H,1,12-13H2,2-10H3/t19-,22-/m0/s1. The minimum Gasteiger partial charge on any atom is -0.465 e. The highest BCUT2D eigenvalue weighted by Crippen LogP contribution is 2.39. The molecule has 0 radical (unpaired) electrons. The number of ether oxygens (including phenoxy) is 1. The van der Waals surface area contributed by atoms with Gasteiger partial charge in [-0.05, 0) is 69.9 Å². The van der Waals surface area contributed by atoms with Gasteiger partial charge >= 0.3 is 5.97 Å². The summed E-state index contributed by atoms with van der Waals surface area (Å²) in [6.45, 7) is 22.0. The van der Waals surface area contributed by atoms with Gasteiger partial charge in [0.25, 0.3) is 0 Å². The maximum atomic E-state index is 13.5. The lowest BCUT2D eigenvalue weighted by Gasteiger charge is -2.38. The van der Waals surface area contributed by atoms with E-state index < -0.39 is 36.4 Å². The van der Waals surface area contributed by atoms with Gasteiger partial charge in [0.1, 0.15) is 6.04 Å². The van der Waals surface area contributed by atoms with Gasteiger partial charge in [-0.1, -0.05) is 39.0 Å². The number of sulfonamides is 1. The molecule has 0 amide bonds. The van der Waals surface area contributed by atoms with Crippen LogP contribution in [0, 0.1) is 0 Å². The van der Waals surface area contributed by atoms with Gasteiger partial charge in [0, 0.05) is 6.04 Å². The van der Waals surface area contributed by atoms with Crippen molar-refractivity contribution in [2.45, 2.75) is 96.1 Å². The van der Waals surface area contributed by atoms with E-state index in [4.69, 9.17) is 9.16 Å². The molecule has 1 aromatic rings. The van der Waals surface area contributed by atoms with E-state index in [0.29, 0.717) is 0 Å². The third kappa shape index (κ3) is 6.76. The maximum absolute atomic E-state index is 13.5. The molecule has 1 aromatic carbocycles.